The van der Waals surface area contributed by atoms with E-state index in [1.54, 1.807) is 13.3 Å². The zero-order valence-corrected chi connectivity index (χ0v) is 9.19. The highest BCUT2D eigenvalue weighted by Crippen LogP contribution is 2.00. The number of hydrogen-bond acceptors (Lipinski definition) is 5. The zero-order chi connectivity index (χ0) is 10.9. The van der Waals surface area contributed by atoms with Crippen molar-refractivity contribution in [3.8, 4) is 0 Å². The van der Waals surface area contributed by atoms with Crippen molar-refractivity contribution in [3.05, 3.63) is 18.1 Å². The number of aromatic nitrogens is 2. The third-order valence-corrected chi connectivity index (χ3v) is 1.86. The molecule has 0 saturated carbocycles. The summed E-state index contributed by atoms with van der Waals surface area (Å²) in [6.07, 6.45) is 2.46. The van der Waals surface area contributed by atoms with Gasteiger partial charge >= 0.3 is 0 Å². The number of methoxy groups -OCH3 is 1. The van der Waals surface area contributed by atoms with E-state index in [-0.39, 0.29) is 0 Å². The molecule has 0 amide bonds. The van der Waals surface area contributed by atoms with Crippen LogP contribution in [0.15, 0.2) is 12.3 Å². The van der Waals surface area contributed by atoms with E-state index in [9.17, 15) is 0 Å². The fourth-order valence-electron chi connectivity index (χ4n) is 1.07. The normalized spacial score (nSPS) is 10.3. The molecule has 0 saturated heterocycles. The minimum absolute atomic E-state index is 0.613. The second kappa shape index (κ2) is 7.14. The van der Waals surface area contributed by atoms with Crippen LogP contribution in [0.4, 0.5) is 5.82 Å². The number of nitrogens with one attached hydrogen (secondary N) is 1. The maximum absolute atomic E-state index is 5.33. The van der Waals surface area contributed by atoms with Crippen LogP contribution in [0.2, 0.25) is 0 Å². The Kier molecular flexibility index (Phi) is 5.65. The Balaban J connectivity index is 2.24. The number of rotatable bonds is 7. The zero-order valence-electron chi connectivity index (χ0n) is 9.19. The van der Waals surface area contributed by atoms with Crippen LogP contribution in [0.25, 0.3) is 0 Å². The summed E-state index contributed by atoms with van der Waals surface area (Å²) in [6.45, 7) is 1.86. The van der Waals surface area contributed by atoms with E-state index in [0.29, 0.717) is 19.8 Å². The van der Waals surface area contributed by atoms with Crippen LogP contribution in [-0.2, 0) is 15.9 Å². The first-order chi connectivity index (χ1) is 7.36. The molecule has 84 valence electrons. The van der Waals surface area contributed by atoms with E-state index in [4.69, 9.17) is 9.47 Å². The maximum Gasteiger partial charge on any atom is 0.132 e. The number of hydrogen-bond donors (Lipinski definition) is 1. The smallest absolute Gasteiger partial charge is 0.132 e. The van der Waals surface area contributed by atoms with Crippen LogP contribution >= 0.6 is 0 Å². The highest BCUT2D eigenvalue weighted by molar-refractivity contribution is 5.31. The van der Waals surface area contributed by atoms with Crippen molar-refractivity contribution in [1.82, 2.24) is 9.97 Å². The average molecular weight is 211 g/mol. The van der Waals surface area contributed by atoms with E-state index < -0.39 is 0 Å². The molecule has 0 spiro atoms. The molecule has 0 bridgehead atoms. The molecule has 1 rings (SSSR count). The van der Waals surface area contributed by atoms with Crippen LogP contribution < -0.4 is 5.32 Å². The van der Waals surface area contributed by atoms with E-state index in [0.717, 1.165) is 18.1 Å². The summed E-state index contributed by atoms with van der Waals surface area (Å²) in [5, 5.41) is 2.97. The molecule has 0 radical (unpaired) electrons. The molecule has 0 aromatic carbocycles. The molecule has 0 unspecified atom stereocenters. The summed E-state index contributed by atoms with van der Waals surface area (Å²) in [6, 6.07) is 1.83. The van der Waals surface area contributed by atoms with Crippen LogP contribution in [0.1, 0.15) is 5.82 Å². The van der Waals surface area contributed by atoms with Crippen LogP contribution in [0, 0.1) is 0 Å². The summed E-state index contributed by atoms with van der Waals surface area (Å²) in [4.78, 5) is 8.42. The Morgan fingerprint density at radius 3 is 2.93 bits per heavy atom. The third-order valence-electron chi connectivity index (χ3n) is 1.86. The van der Waals surface area contributed by atoms with Crippen molar-refractivity contribution >= 4 is 5.82 Å². The van der Waals surface area contributed by atoms with Gasteiger partial charge in [0.05, 0.1) is 19.8 Å². The second-order valence-corrected chi connectivity index (χ2v) is 2.96. The van der Waals surface area contributed by atoms with Gasteiger partial charge < -0.3 is 14.8 Å². The molecule has 5 nitrogen and oxygen atoms in total. The fraction of sp³-hybridized carbons (Fsp3) is 0.600. The molecule has 15 heavy (non-hydrogen) atoms. The first-order valence-electron chi connectivity index (χ1n) is 4.93. The van der Waals surface area contributed by atoms with Crippen molar-refractivity contribution in [2.24, 2.45) is 0 Å². The quantitative estimate of drug-likeness (QED) is 0.674. The highest BCUT2D eigenvalue weighted by Gasteiger charge is 1.97. The van der Waals surface area contributed by atoms with Gasteiger partial charge in [0.15, 0.2) is 0 Å². The first kappa shape index (κ1) is 11.9. The minimum Gasteiger partial charge on any atom is -0.382 e. The van der Waals surface area contributed by atoms with Gasteiger partial charge in [-0.2, -0.15) is 0 Å². The lowest BCUT2D eigenvalue weighted by molar-refractivity contribution is 0.0716. The van der Waals surface area contributed by atoms with Gasteiger partial charge in [-0.25, -0.2) is 9.97 Å². The Morgan fingerprint density at radius 2 is 2.20 bits per heavy atom. The van der Waals surface area contributed by atoms with E-state index in [1.165, 1.54) is 0 Å². The maximum atomic E-state index is 5.33. The number of nitrogens with zero attached hydrogens (tertiary/aromatic N) is 2. The predicted octanol–water partition coefficient (Wildman–Crippen LogP) is 0.724. The van der Waals surface area contributed by atoms with Crippen molar-refractivity contribution < 1.29 is 9.47 Å². The van der Waals surface area contributed by atoms with Crippen LogP contribution in [0.3, 0.4) is 0 Å². The molecular formula is C10H17N3O2. The molecule has 1 N–H and O–H groups in total. The lowest BCUT2D eigenvalue weighted by atomic mass is 10.4. The largest absolute Gasteiger partial charge is 0.382 e. The Hall–Kier alpha value is -1.20. The number of anilines is 1. The Bertz CT molecular complexity index is 281. The molecule has 0 aliphatic heterocycles. The van der Waals surface area contributed by atoms with Crippen molar-refractivity contribution in [3.63, 3.8) is 0 Å². The van der Waals surface area contributed by atoms with Gasteiger partial charge in [-0.05, 0) is 6.07 Å². The van der Waals surface area contributed by atoms with E-state index in [2.05, 4.69) is 15.3 Å². The van der Waals surface area contributed by atoms with Crippen LogP contribution in [-0.4, -0.2) is 43.9 Å². The lowest BCUT2D eigenvalue weighted by Gasteiger charge is -2.04. The monoisotopic (exact) mass is 211 g/mol. The third kappa shape index (κ3) is 4.71. The molecule has 1 heterocycles. The molecule has 5 heteroatoms. The van der Waals surface area contributed by atoms with Gasteiger partial charge in [0.25, 0.3) is 0 Å². The van der Waals surface area contributed by atoms with Gasteiger partial charge in [0.1, 0.15) is 11.6 Å². The molecular weight excluding hydrogens is 194 g/mol. The van der Waals surface area contributed by atoms with Crippen molar-refractivity contribution in [1.29, 1.82) is 0 Å². The summed E-state index contributed by atoms with van der Waals surface area (Å²) >= 11 is 0. The van der Waals surface area contributed by atoms with Gasteiger partial charge in [-0.3, -0.25) is 0 Å². The van der Waals surface area contributed by atoms with Crippen molar-refractivity contribution in [2.45, 2.75) is 6.42 Å². The van der Waals surface area contributed by atoms with Gasteiger partial charge in [0, 0.05) is 26.8 Å². The van der Waals surface area contributed by atoms with Crippen molar-refractivity contribution in [2.75, 3.05) is 39.3 Å². The molecule has 0 aliphatic carbocycles. The number of ether oxygens (including phenoxy) is 2. The van der Waals surface area contributed by atoms with E-state index >= 15 is 0 Å². The molecule has 0 atom stereocenters. The fourth-order valence-corrected chi connectivity index (χ4v) is 1.07. The predicted molar refractivity (Wildman–Crippen MR) is 58.0 cm³/mol. The molecule has 0 fully saturated rings. The Labute approximate surface area is 89.8 Å². The SMILES string of the molecule is CNc1ccnc(CCOCCOC)n1. The molecule has 1 aromatic heterocycles. The summed E-state index contributed by atoms with van der Waals surface area (Å²) in [5.74, 6) is 1.62. The van der Waals surface area contributed by atoms with E-state index in [1.807, 2.05) is 13.1 Å². The standard InChI is InChI=1S/C10H17N3O2/c1-11-9-3-5-12-10(13-9)4-6-15-8-7-14-2/h3,5H,4,6-8H2,1-2H3,(H,11,12,13). The summed E-state index contributed by atoms with van der Waals surface area (Å²) < 4.78 is 10.2. The van der Waals surface area contributed by atoms with Gasteiger partial charge in [0.2, 0.25) is 0 Å². The lowest BCUT2D eigenvalue weighted by Crippen LogP contribution is -2.07. The summed E-state index contributed by atoms with van der Waals surface area (Å²) in [7, 11) is 3.49. The van der Waals surface area contributed by atoms with Gasteiger partial charge in [-0.1, -0.05) is 0 Å². The Morgan fingerprint density at radius 1 is 1.33 bits per heavy atom. The molecule has 0 aliphatic rings. The highest BCUT2D eigenvalue weighted by atomic mass is 16.5. The average Bonchev–Trinajstić information content (AvgIpc) is 2.29. The van der Waals surface area contributed by atoms with Crippen LogP contribution in [0.5, 0.6) is 0 Å². The topological polar surface area (TPSA) is 56.3 Å². The first-order valence-corrected chi connectivity index (χ1v) is 4.93. The van der Waals surface area contributed by atoms with Gasteiger partial charge in [-0.15, -0.1) is 0 Å². The second-order valence-electron chi connectivity index (χ2n) is 2.96. The molecule has 1 aromatic rings. The minimum atomic E-state index is 0.613. The summed E-state index contributed by atoms with van der Waals surface area (Å²) in [5.41, 5.74) is 0.